The lowest BCUT2D eigenvalue weighted by Gasteiger charge is -2.18. The maximum absolute atomic E-state index is 11.7. The van der Waals surface area contributed by atoms with Gasteiger partial charge in [-0.15, -0.1) is 0 Å². The maximum Gasteiger partial charge on any atom is 0.236 e. The molecule has 1 aromatic carbocycles. The third-order valence-corrected chi connectivity index (χ3v) is 3.13. The average molecular weight is 329 g/mol. The Kier molecular flexibility index (Phi) is 6.87. The van der Waals surface area contributed by atoms with Gasteiger partial charge in [-0.05, 0) is 24.3 Å². The van der Waals surface area contributed by atoms with Crippen molar-refractivity contribution in [3.8, 4) is 5.75 Å². The third-order valence-electron chi connectivity index (χ3n) is 2.60. The summed E-state index contributed by atoms with van der Waals surface area (Å²) in [5, 5.41) is 3.10. The van der Waals surface area contributed by atoms with Gasteiger partial charge in [0.2, 0.25) is 5.91 Å². The molecule has 0 heterocycles. The third kappa shape index (κ3) is 6.59. The average Bonchev–Trinajstić information content (AvgIpc) is 2.38. The molecule has 0 aliphatic rings. The SMILES string of the molecule is CC(C)NCC(=O)N(C)CCOc1ccc(Br)cc1. The Morgan fingerprint density at radius 2 is 2.00 bits per heavy atom. The van der Waals surface area contributed by atoms with Gasteiger partial charge in [-0.2, -0.15) is 0 Å². The van der Waals surface area contributed by atoms with Crippen molar-refractivity contribution in [1.29, 1.82) is 0 Å². The van der Waals surface area contributed by atoms with Crippen molar-refractivity contribution in [2.45, 2.75) is 19.9 Å². The summed E-state index contributed by atoms with van der Waals surface area (Å²) in [5.41, 5.74) is 0. The largest absolute Gasteiger partial charge is 0.492 e. The van der Waals surface area contributed by atoms with Crippen LogP contribution in [0.2, 0.25) is 0 Å². The molecular weight excluding hydrogens is 308 g/mol. The molecule has 0 spiro atoms. The van der Waals surface area contributed by atoms with Gasteiger partial charge in [0.25, 0.3) is 0 Å². The van der Waals surface area contributed by atoms with Crippen molar-refractivity contribution in [2.75, 3.05) is 26.7 Å². The summed E-state index contributed by atoms with van der Waals surface area (Å²) in [7, 11) is 1.79. The fourth-order valence-electron chi connectivity index (χ4n) is 1.38. The van der Waals surface area contributed by atoms with Crippen LogP contribution in [0.15, 0.2) is 28.7 Å². The van der Waals surface area contributed by atoms with Gasteiger partial charge in [-0.25, -0.2) is 0 Å². The second kappa shape index (κ2) is 8.17. The van der Waals surface area contributed by atoms with Crippen LogP contribution in [-0.4, -0.2) is 43.6 Å². The van der Waals surface area contributed by atoms with E-state index in [9.17, 15) is 4.79 Å². The van der Waals surface area contributed by atoms with Gasteiger partial charge in [0.15, 0.2) is 0 Å². The molecule has 1 N–H and O–H groups in total. The lowest BCUT2D eigenvalue weighted by Crippen LogP contribution is -2.39. The molecule has 0 saturated carbocycles. The molecule has 0 aliphatic carbocycles. The van der Waals surface area contributed by atoms with E-state index in [0.717, 1.165) is 10.2 Å². The Morgan fingerprint density at radius 3 is 2.58 bits per heavy atom. The zero-order valence-electron chi connectivity index (χ0n) is 11.6. The minimum atomic E-state index is 0.0770. The van der Waals surface area contributed by atoms with Crippen LogP contribution >= 0.6 is 15.9 Å². The van der Waals surface area contributed by atoms with Crippen molar-refractivity contribution in [3.05, 3.63) is 28.7 Å². The standard InChI is InChI=1S/C14H21BrN2O2/c1-11(2)16-10-14(18)17(3)8-9-19-13-6-4-12(15)5-7-13/h4-7,11,16H,8-10H2,1-3H3. The van der Waals surface area contributed by atoms with Crippen molar-refractivity contribution in [3.63, 3.8) is 0 Å². The van der Waals surface area contributed by atoms with E-state index in [2.05, 4.69) is 21.2 Å². The van der Waals surface area contributed by atoms with Crippen LogP contribution in [0, 0.1) is 0 Å². The number of hydrogen-bond acceptors (Lipinski definition) is 3. The van der Waals surface area contributed by atoms with Crippen LogP contribution in [0.1, 0.15) is 13.8 Å². The Balaban J connectivity index is 2.24. The quantitative estimate of drug-likeness (QED) is 0.834. The van der Waals surface area contributed by atoms with E-state index in [1.54, 1.807) is 11.9 Å². The topological polar surface area (TPSA) is 41.6 Å². The minimum absolute atomic E-state index is 0.0770. The zero-order valence-corrected chi connectivity index (χ0v) is 13.2. The summed E-state index contributed by atoms with van der Waals surface area (Å²) < 4.78 is 6.59. The summed E-state index contributed by atoms with van der Waals surface area (Å²) in [5.74, 6) is 0.887. The molecule has 0 atom stereocenters. The number of carbonyl (C=O) groups is 1. The molecule has 0 aliphatic heterocycles. The summed E-state index contributed by atoms with van der Waals surface area (Å²) in [4.78, 5) is 13.4. The van der Waals surface area contributed by atoms with Crippen molar-refractivity contribution >= 4 is 21.8 Å². The van der Waals surface area contributed by atoms with Gasteiger partial charge in [0.1, 0.15) is 12.4 Å². The van der Waals surface area contributed by atoms with E-state index in [4.69, 9.17) is 4.74 Å². The number of nitrogens with zero attached hydrogens (tertiary/aromatic N) is 1. The molecular formula is C14H21BrN2O2. The lowest BCUT2D eigenvalue weighted by atomic mass is 10.3. The highest BCUT2D eigenvalue weighted by molar-refractivity contribution is 9.10. The molecule has 0 unspecified atom stereocenters. The fraction of sp³-hybridized carbons (Fsp3) is 0.500. The van der Waals surface area contributed by atoms with Gasteiger partial charge < -0.3 is 15.0 Å². The molecule has 1 rings (SSSR count). The number of nitrogens with one attached hydrogen (secondary N) is 1. The molecule has 0 fully saturated rings. The van der Waals surface area contributed by atoms with Crippen molar-refractivity contribution in [2.24, 2.45) is 0 Å². The summed E-state index contributed by atoms with van der Waals surface area (Å²) in [6.07, 6.45) is 0. The van der Waals surface area contributed by atoms with Crippen LogP contribution < -0.4 is 10.1 Å². The number of carbonyl (C=O) groups excluding carboxylic acids is 1. The first-order chi connectivity index (χ1) is 8.99. The Morgan fingerprint density at radius 1 is 1.37 bits per heavy atom. The highest BCUT2D eigenvalue weighted by atomic mass is 79.9. The number of rotatable bonds is 7. The lowest BCUT2D eigenvalue weighted by molar-refractivity contribution is -0.129. The Labute approximate surface area is 123 Å². The van der Waals surface area contributed by atoms with Gasteiger partial charge in [0.05, 0.1) is 13.1 Å². The maximum atomic E-state index is 11.7. The molecule has 0 radical (unpaired) electrons. The smallest absolute Gasteiger partial charge is 0.236 e. The van der Waals surface area contributed by atoms with E-state index in [0.29, 0.717) is 25.7 Å². The summed E-state index contributed by atoms with van der Waals surface area (Å²) in [6, 6.07) is 7.96. The predicted octanol–water partition coefficient (Wildman–Crippen LogP) is 2.28. The number of likely N-dealkylation sites (N-methyl/N-ethyl adjacent to an activating group) is 1. The molecule has 5 heteroatoms. The van der Waals surface area contributed by atoms with Gasteiger partial charge in [-0.1, -0.05) is 29.8 Å². The fourth-order valence-corrected chi connectivity index (χ4v) is 1.65. The van der Waals surface area contributed by atoms with Gasteiger partial charge >= 0.3 is 0 Å². The van der Waals surface area contributed by atoms with E-state index in [-0.39, 0.29) is 5.91 Å². The molecule has 0 bridgehead atoms. The highest BCUT2D eigenvalue weighted by Crippen LogP contribution is 2.15. The van der Waals surface area contributed by atoms with E-state index in [1.807, 2.05) is 38.1 Å². The number of amides is 1. The highest BCUT2D eigenvalue weighted by Gasteiger charge is 2.08. The Hall–Kier alpha value is -1.07. The monoisotopic (exact) mass is 328 g/mol. The number of halogens is 1. The van der Waals surface area contributed by atoms with Crippen LogP contribution in [-0.2, 0) is 4.79 Å². The molecule has 1 aromatic rings. The molecule has 4 nitrogen and oxygen atoms in total. The first kappa shape index (κ1) is 16.0. The zero-order chi connectivity index (χ0) is 14.3. The van der Waals surface area contributed by atoms with Crippen LogP contribution in [0.25, 0.3) is 0 Å². The molecule has 0 aromatic heterocycles. The second-order valence-corrected chi connectivity index (χ2v) is 5.57. The second-order valence-electron chi connectivity index (χ2n) is 4.65. The number of ether oxygens (including phenoxy) is 1. The summed E-state index contributed by atoms with van der Waals surface area (Å²) in [6.45, 7) is 5.47. The van der Waals surface area contributed by atoms with Crippen molar-refractivity contribution < 1.29 is 9.53 Å². The molecule has 1 amide bonds. The minimum Gasteiger partial charge on any atom is -0.492 e. The predicted molar refractivity (Wildman–Crippen MR) is 80.4 cm³/mol. The van der Waals surface area contributed by atoms with Crippen LogP contribution in [0.5, 0.6) is 5.75 Å². The molecule has 0 saturated heterocycles. The molecule has 106 valence electrons. The van der Waals surface area contributed by atoms with Gasteiger partial charge in [0, 0.05) is 17.6 Å². The van der Waals surface area contributed by atoms with Crippen molar-refractivity contribution in [1.82, 2.24) is 10.2 Å². The van der Waals surface area contributed by atoms with E-state index < -0.39 is 0 Å². The van der Waals surface area contributed by atoms with E-state index in [1.165, 1.54) is 0 Å². The Bertz CT molecular complexity index is 393. The first-order valence-electron chi connectivity index (χ1n) is 6.34. The molecule has 19 heavy (non-hydrogen) atoms. The van der Waals surface area contributed by atoms with Crippen LogP contribution in [0.4, 0.5) is 0 Å². The summed E-state index contributed by atoms with van der Waals surface area (Å²) >= 11 is 3.37. The normalized spacial score (nSPS) is 10.6. The van der Waals surface area contributed by atoms with Gasteiger partial charge in [-0.3, -0.25) is 4.79 Å². The first-order valence-corrected chi connectivity index (χ1v) is 7.14. The van der Waals surface area contributed by atoms with Crippen LogP contribution in [0.3, 0.4) is 0 Å². The number of hydrogen-bond donors (Lipinski definition) is 1. The number of benzene rings is 1. The van der Waals surface area contributed by atoms with E-state index >= 15 is 0 Å².